The van der Waals surface area contributed by atoms with Crippen LogP contribution in [-0.2, 0) is 0 Å². The summed E-state index contributed by atoms with van der Waals surface area (Å²) >= 11 is 0. The molecular weight excluding hydrogens is 200 g/mol. The molecule has 0 N–H and O–H groups in total. The standard InChI is InChI=1S/C4H6N4O6/c9-6(10)4(7(11)12)1-2-5(3-4)8(13)14/h1-3H2. The summed E-state index contributed by atoms with van der Waals surface area (Å²) in [4.78, 5) is 29.0. The highest BCUT2D eigenvalue weighted by Gasteiger charge is 2.64. The molecule has 10 nitrogen and oxygen atoms in total. The van der Waals surface area contributed by atoms with E-state index in [-0.39, 0.29) is 6.54 Å². The van der Waals surface area contributed by atoms with Gasteiger partial charge in [-0.1, -0.05) is 0 Å². The highest BCUT2D eigenvalue weighted by atomic mass is 16.7. The Morgan fingerprint density at radius 3 is 1.79 bits per heavy atom. The van der Waals surface area contributed by atoms with Gasteiger partial charge in [0.25, 0.3) is 0 Å². The predicted octanol–water partition coefficient (Wildman–Crippen LogP) is -0.866. The lowest BCUT2D eigenvalue weighted by molar-refractivity contribution is -0.798. The molecule has 0 radical (unpaired) electrons. The molecule has 1 heterocycles. The van der Waals surface area contributed by atoms with E-state index in [1.807, 2.05) is 0 Å². The molecule has 0 bridgehead atoms. The van der Waals surface area contributed by atoms with Crippen molar-refractivity contribution in [3.8, 4) is 0 Å². The van der Waals surface area contributed by atoms with Gasteiger partial charge in [0.1, 0.15) is 16.3 Å². The van der Waals surface area contributed by atoms with E-state index in [2.05, 4.69) is 0 Å². The van der Waals surface area contributed by atoms with Crippen molar-refractivity contribution in [1.82, 2.24) is 5.01 Å². The summed E-state index contributed by atoms with van der Waals surface area (Å²) in [6, 6.07) is 0. The molecule has 14 heavy (non-hydrogen) atoms. The lowest BCUT2D eigenvalue weighted by atomic mass is 10.2. The second-order valence-corrected chi connectivity index (χ2v) is 2.87. The topological polar surface area (TPSA) is 133 Å². The van der Waals surface area contributed by atoms with E-state index >= 15 is 0 Å². The first kappa shape index (κ1) is 10.1. The molecule has 0 aromatic carbocycles. The molecule has 78 valence electrons. The van der Waals surface area contributed by atoms with Crippen molar-refractivity contribution in [2.75, 3.05) is 13.1 Å². The van der Waals surface area contributed by atoms with Crippen LogP contribution in [0.2, 0.25) is 0 Å². The van der Waals surface area contributed by atoms with Crippen LogP contribution in [0.5, 0.6) is 0 Å². The molecule has 0 amide bonds. The first-order valence-electron chi connectivity index (χ1n) is 3.58. The number of hydrogen-bond acceptors (Lipinski definition) is 6. The molecule has 0 spiro atoms. The summed E-state index contributed by atoms with van der Waals surface area (Å²) in [6.45, 7) is -1.07. The molecule has 1 aliphatic heterocycles. The summed E-state index contributed by atoms with van der Waals surface area (Å²) in [7, 11) is 0. The Hall–Kier alpha value is -2.00. The Balaban J connectivity index is 2.91. The van der Waals surface area contributed by atoms with Crippen molar-refractivity contribution in [1.29, 1.82) is 0 Å². The molecule has 1 aliphatic rings. The predicted molar refractivity (Wildman–Crippen MR) is 39.9 cm³/mol. The van der Waals surface area contributed by atoms with Gasteiger partial charge in [0.05, 0.1) is 6.54 Å². The van der Waals surface area contributed by atoms with Crippen LogP contribution in [0.4, 0.5) is 0 Å². The van der Waals surface area contributed by atoms with E-state index < -0.39 is 33.5 Å². The average Bonchev–Trinajstić information content (AvgIpc) is 2.48. The van der Waals surface area contributed by atoms with Gasteiger partial charge >= 0.3 is 5.66 Å². The lowest BCUT2D eigenvalue weighted by Gasteiger charge is -2.09. The van der Waals surface area contributed by atoms with E-state index in [1.54, 1.807) is 0 Å². The Labute approximate surface area is 76.5 Å². The fourth-order valence-electron chi connectivity index (χ4n) is 1.26. The zero-order valence-electron chi connectivity index (χ0n) is 6.86. The van der Waals surface area contributed by atoms with E-state index in [0.717, 1.165) is 0 Å². The van der Waals surface area contributed by atoms with Crippen LogP contribution < -0.4 is 0 Å². The van der Waals surface area contributed by atoms with Crippen molar-refractivity contribution >= 4 is 0 Å². The van der Waals surface area contributed by atoms with E-state index in [4.69, 9.17) is 0 Å². The van der Waals surface area contributed by atoms with E-state index in [9.17, 15) is 30.3 Å². The van der Waals surface area contributed by atoms with Gasteiger partial charge in [-0.25, -0.2) is 10.1 Å². The number of rotatable bonds is 3. The Morgan fingerprint density at radius 1 is 1.07 bits per heavy atom. The minimum atomic E-state index is -2.42. The van der Waals surface area contributed by atoms with Crippen molar-refractivity contribution < 1.29 is 14.9 Å². The highest BCUT2D eigenvalue weighted by Crippen LogP contribution is 2.24. The van der Waals surface area contributed by atoms with Crippen LogP contribution >= 0.6 is 0 Å². The second-order valence-electron chi connectivity index (χ2n) is 2.87. The quantitative estimate of drug-likeness (QED) is 0.333. The van der Waals surface area contributed by atoms with Crippen molar-refractivity contribution in [3.05, 3.63) is 30.3 Å². The second kappa shape index (κ2) is 3.05. The van der Waals surface area contributed by atoms with Crippen LogP contribution in [0.15, 0.2) is 0 Å². The molecule has 1 saturated heterocycles. The van der Waals surface area contributed by atoms with Gasteiger partial charge in [0.15, 0.2) is 5.03 Å². The normalized spacial score (nSPS) is 19.3. The monoisotopic (exact) mass is 206 g/mol. The first-order valence-corrected chi connectivity index (χ1v) is 3.58. The van der Waals surface area contributed by atoms with Crippen LogP contribution in [0.1, 0.15) is 6.42 Å². The third kappa shape index (κ3) is 1.30. The number of hydrazine groups is 1. The Bertz CT molecular complexity index is 288. The molecule has 0 aromatic heterocycles. The van der Waals surface area contributed by atoms with Gasteiger partial charge in [-0.3, -0.25) is 20.2 Å². The fraction of sp³-hybridized carbons (Fsp3) is 1.00. The molecule has 1 fully saturated rings. The van der Waals surface area contributed by atoms with Crippen molar-refractivity contribution in [2.45, 2.75) is 12.1 Å². The number of nitro groups is 3. The minimum Gasteiger partial charge on any atom is -0.258 e. The van der Waals surface area contributed by atoms with Crippen molar-refractivity contribution in [2.24, 2.45) is 0 Å². The number of nitrogens with zero attached hydrogens (tertiary/aromatic N) is 4. The van der Waals surface area contributed by atoms with Gasteiger partial charge in [0.2, 0.25) is 6.54 Å². The van der Waals surface area contributed by atoms with Gasteiger partial charge in [0, 0.05) is 0 Å². The highest BCUT2D eigenvalue weighted by molar-refractivity contribution is 4.78. The summed E-state index contributed by atoms with van der Waals surface area (Å²) in [5, 5.41) is 30.7. The Kier molecular flexibility index (Phi) is 2.19. The maximum atomic E-state index is 10.4. The number of hydrogen-bond donors (Lipinski definition) is 0. The Morgan fingerprint density at radius 2 is 1.57 bits per heavy atom. The smallest absolute Gasteiger partial charge is 0.258 e. The summed E-state index contributed by atoms with van der Waals surface area (Å²) < 4.78 is 0. The van der Waals surface area contributed by atoms with Gasteiger partial charge in [-0.15, -0.1) is 5.01 Å². The SMILES string of the molecule is O=[N+]([O-])N1CCC([N+](=O)[O-])([N+](=O)[O-])C1. The fourth-order valence-corrected chi connectivity index (χ4v) is 1.26. The molecule has 0 aliphatic carbocycles. The summed E-state index contributed by atoms with van der Waals surface area (Å²) in [5.74, 6) is 0. The molecular formula is C4H6N4O6. The minimum absolute atomic E-state index is 0.283. The maximum absolute atomic E-state index is 10.4. The van der Waals surface area contributed by atoms with Gasteiger partial charge in [-0.2, -0.15) is 0 Å². The first-order chi connectivity index (χ1) is 6.40. The van der Waals surface area contributed by atoms with Gasteiger partial charge in [-0.05, 0) is 0 Å². The average molecular weight is 206 g/mol. The third-order valence-electron chi connectivity index (χ3n) is 2.12. The largest absolute Gasteiger partial charge is 0.482 e. The van der Waals surface area contributed by atoms with Gasteiger partial charge < -0.3 is 0 Å². The molecule has 0 aromatic rings. The molecule has 0 saturated carbocycles. The summed E-state index contributed by atoms with van der Waals surface area (Å²) in [5.41, 5.74) is -2.42. The molecule has 1 rings (SSSR count). The van der Waals surface area contributed by atoms with Crippen LogP contribution in [0, 0.1) is 30.3 Å². The summed E-state index contributed by atoms with van der Waals surface area (Å²) in [6.07, 6.45) is -0.450. The molecule has 0 unspecified atom stereocenters. The molecule has 10 heteroatoms. The zero-order chi connectivity index (χ0) is 10.9. The van der Waals surface area contributed by atoms with E-state index in [1.165, 1.54) is 0 Å². The van der Waals surface area contributed by atoms with Crippen LogP contribution in [-0.4, -0.2) is 38.6 Å². The molecule has 0 atom stereocenters. The van der Waals surface area contributed by atoms with Crippen molar-refractivity contribution in [3.63, 3.8) is 0 Å². The maximum Gasteiger partial charge on any atom is 0.482 e. The van der Waals surface area contributed by atoms with E-state index in [0.29, 0.717) is 5.01 Å². The lowest BCUT2D eigenvalue weighted by Crippen LogP contribution is -2.49. The van der Waals surface area contributed by atoms with Crippen LogP contribution in [0.25, 0.3) is 0 Å². The zero-order valence-corrected chi connectivity index (χ0v) is 6.86. The third-order valence-corrected chi connectivity index (χ3v) is 2.12. The van der Waals surface area contributed by atoms with Crippen LogP contribution in [0.3, 0.4) is 0 Å².